The van der Waals surface area contributed by atoms with Gasteiger partial charge in [-0.1, -0.05) is 6.07 Å². The first-order valence-corrected chi connectivity index (χ1v) is 10.0. The van der Waals surface area contributed by atoms with E-state index in [1.165, 1.54) is 12.1 Å². The van der Waals surface area contributed by atoms with Gasteiger partial charge in [-0.25, -0.2) is 19.2 Å². The molecule has 8 nitrogen and oxygen atoms in total. The van der Waals surface area contributed by atoms with Crippen LogP contribution >= 0.6 is 0 Å². The first-order chi connectivity index (χ1) is 14.6. The molecule has 9 heteroatoms. The largest absolute Gasteiger partial charge is 0.381 e. The maximum atomic E-state index is 13.7. The van der Waals surface area contributed by atoms with E-state index in [-0.39, 0.29) is 18.1 Å². The number of carbonyl (C=O) groups is 1. The monoisotopic (exact) mass is 410 g/mol. The quantitative estimate of drug-likeness (QED) is 0.802. The second-order valence-corrected chi connectivity index (χ2v) is 7.45. The summed E-state index contributed by atoms with van der Waals surface area (Å²) >= 11 is 0. The molecule has 2 aliphatic heterocycles. The zero-order chi connectivity index (χ0) is 20.9. The number of hydrogen-bond donors (Lipinski definition) is 2. The number of rotatable bonds is 4. The molecule has 1 aromatic carbocycles. The van der Waals surface area contributed by atoms with Gasteiger partial charge in [0.15, 0.2) is 0 Å². The van der Waals surface area contributed by atoms with Crippen LogP contribution in [0.2, 0.25) is 0 Å². The molecule has 4 rings (SSSR count). The summed E-state index contributed by atoms with van der Waals surface area (Å²) in [6.07, 6.45) is 4.36. The number of nitrogens with zero attached hydrogens (tertiary/aromatic N) is 4. The average Bonchev–Trinajstić information content (AvgIpc) is 2.77. The standard InChI is InChI=1S/C21H23FN6O2/c22-18-9-14(1-2-15(18)10-23)11-25-21(29)28-6-3-16-12-24-20(27-19(16)13-28)26-17-4-7-30-8-5-17/h1-2,9,12,17H,3-8,11,13H2,(H,25,29)(H,24,26,27). The van der Waals surface area contributed by atoms with Gasteiger partial charge < -0.3 is 20.3 Å². The predicted molar refractivity (Wildman–Crippen MR) is 107 cm³/mol. The molecule has 0 spiro atoms. The van der Waals surface area contributed by atoms with E-state index < -0.39 is 5.82 Å². The Hall–Kier alpha value is -3.25. The molecule has 0 saturated carbocycles. The van der Waals surface area contributed by atoms with Gasteiger partial charge in [-0.3, -0.25) is 0 Å². The van der Waals surface area contributed by atoms with Gasteiger partial charge in [-0.15, -0.1) is 0 Å². The van der Waals surface area contributed by atoms with Gasteiger partial charge in [0.1, 0.15) is 11.9 Å². The van der Waals surface area contributed by atoms with Crippen molar-refractivity contribution in [3.05, 3.63) is 52.6 Å². The molecule has 2 amide bonds. The lowest BCUT2D eigenvalue weighted by atomic mass is 10.1. The number of urea groups is 1. The van der Waals surface area contributed by atoms with Crippen LogP contribution in [0.25, 0.3) is 0 Å². The molecule has 2 aliphatic rings. The molecule has 0 atom stereocenters. The van der Waals surface area contributed by atoms with Crippen LogP contribution in [0, 0.1) is 17.1 Å². The number of nitrogens with one attached hydrogen (secondary N) is 2. The minimum absolute atomic E-state index is 0.0115. The summed E-state index contributed by atoms with van der Waals surface area (Å²) in [4.78, 5) is 23.3. The molecule has 0 unspecified atom stereocenters. The van der Waals surface area contributed by atoms with Crippen molar-refractivity contribution in [3.63, 3.8) is 0 Å². The molecule has 1 aromatic heterocycles. The zero-order valence-corrected chi connectivity index (χ0v) is 16.5. The van der Waals surface area contributed by atoms with E-state index in [0.717, 1.165) is 37.3 Å². The molecule has 30 heavy (non-hydrogen) atoms. The Bertz CT molecular complexity index is 970. The molecular formula is C21H23FN6O2. The smallest absolute Gasteiger partial charge is 0.318 e. The van der Waals surface area contributed by atoms with Crippen LogP contribution in [0.4, 0.5) is 15.1 Å². The van der Waals surface area contributed by atoms with Crippen molar-refractivity contribution in [2.45, 2.75) is 38.4 Å². The summed E-state index contributed by atoms with van der Waals surface area (Å²) in [6, 6.07) is 6.17. The Morgan fingerprint density at radius 2 is 2.20 bits per heavy atom. The minimum atomic E-state index is -0.586. The van der Waals surface area contributed by atoms with E-state index >= 15 is 0 Å². The van der Waals surface area contributed by atoms with Crippen molar-refractivity contribution in [2.75, 3.05) is 25.1 Å². The van der Waals surface area contributed by atoms with Gasteiger partial charge >= 0.3 is 6.03 Å². The Kier molecular flexibility index (Phi) is 6.05. The third kappa shape index (κ3) is 4.66. The number of fused-ring (bicyclic) bond motifs is 1. The number of halogens is 1. The summed E-state index contributed by atoms with van der Waals surface area (Å²) in [5.74, 6) is -0.00614. The van der Waals surface area contributed by atoms with E-state index in [0.29, 0.717) is 37.1 Å². The third-order valence-electron chi connectivity index (χ3n) is 5.39. The van der Waals surface area contributed by atoms with Gasteiger partial charge in [-0.2, -0.15) is 5.26 Å². The number of hydrogen-bond acceptors (Lipinski definition) is 6. The molecular weight excluding hydrogens is 387 g/mol. The number of aromatic nitrogens is 2. The summed E-state index contributed by atoms with van der Waals surface area (Å²) in [5, 5.41) is 15.0. The summed E-state index contributed by atoms with van der Waals surface area (Å²) in [6.45, 7) is 2.62. The van der Waals surface area contributed by atoms with Crippen molar-refractivity contribution in [2.24, 2.45) is 0 Å². The van der Waals surface area contributed by atoms with Crippen LogP contribution in [-0.4, -0.2) is 46.7 Å². The molecule has 0 radical (unpaired) electrons. The highest BCUT2D eigenvalue weighted by atomic mass is 19.1. The van der Waals surface area contributed by atoms with Crippen LogP contribution in [0.3, 0.4) is 0 Å². The number of nitriles is 1. The first-order valence-electron chi connectivity index (χ1n) is 10.0. The molecule has 156 valence electrons. The topological polar surface area (TPSA) is 103 Å². The Balaban J connectivity index is 1.35. The average molecular weight is 410 g/mol. The van der Waals surface area contributed by atoms with Crippen molar-refractivity contribution in [3.8, 4) is 6.07 Å². The van der Waals surface area contributed by atoms with E-state index in [1.807, 2.05) is 6.20 Å². The van der Waals surface area contributed by atoms with Gasteiger partial charge in [-0.05, 0) is 42.5 Å². The molecule has 2 N–H and O–H groups in total. The normalized spacial score (nSPS) is 16.5. The van der Waals surface area contributed by atoms with E-state index in [2.05, 4.69) is 20.6 Å². The summed E-state index contributed by atoms with van der Waals surface area (Å²) < 4.78 is 19.1. The highest BCUT2D eigenvalue weighted by Crippen LogP contribution is 2.19. The van der Waals surface area contributed by atoms with Crippen LogP contribution in [0.5, 0.6) is 0 Å². The maximum absolute atomic E-state index is 13.7. The second kappa shape index (κ2) is 9.05. The van der Waals surface area contributed by atoms with E-state index in [9.17, 15) is 9.18 Å². The fourth-order valence-electron chi connectivity index (χ4n) is 3.62. The van der Waals surface area contributed by atoms with Gasteiger partial charge in [0.2, 0.25) is 5.95 Å². The van der Waals surface area contributed by atoms with Gasteiger partial charge in [0, 0.05) is 38.5 Å². The number of benzene rings is 1. The molecule has 0 aliphatic carbocycles. The summed E-state index contributed by atoms with van der Waals surface area (Å²) in [7, 11) is 0. The maximum Gasteiger partial charge on any atom is 0.318 e. The number of carbonyl (C=O) groups excluding carboxylic acids is 1. The number of amides is 2. The van der Waals surface area contributed by atoms with Crippen molar-refractivity contribution in [1.29, 1.82) is 5.26 Å². The Morgan fingerprint density at radius 3 is 2.97 bits per heavy atom. The van der Waals surface area contributed by atoms with Crippen LogP contribution in [-0.2, 0) is 24.2 Å². The van der Waals surface area contributed by atoms with E-state index in [4.69, 9.17) is 10.00 Å². The molecule has 3 heterocycles. The molecule has 2 aromatic rings. The third-order valence-corrected chi connectivity index (χ3v) is 5.39. The number of ether oxygens (including phenoxy) is 1. The lowest BCUT2D eigenvalue weighted by Crippen LogP contribution is -2.43. The lowest BCUT2D eigenvalue weighted by molar-refractivity contribution is 0.0903. The van der Waals surface area contributed by atoms with Crippen LogP contribution in [0.1, 0.15) is 35.2 Å². The van der Waals surface area contributed by atoms with Gasteiger partial charge in [0.05, 0.1) is 17.8 Å². The van der Waals surface area contributed by atoms with Crippen molar-refractivity contribution < 1.29 is 13.9 Å². The van der Waals surface area contributed by atoms with Gasteiger partial charge in [0.25, 0.3) is 0 Å². The Morgan fingerprint density at radius 1 is 1.37 bits per heavy atom. The van der Waals surface area contributed by atoms with Crippen LogP contribution in [0.15, 0.2) is 24.4 Å². The fraction of sp³-hybridized carbons (Fsp3) is 0.429. The second-order valence-electron chi connectivity index (χ2n) is 7.45. The highest BCUT2D eigenvalue weighted by molar-refractivity contribution is 5.74. The van der Waals surface area contributed by atoms with Crippen molar-refractivity contribution >= 4 is 12.0 Å². The Labute approximate surface area is 174 Å². The fourth-order valence-corrected chi connectivity index (χ4v) is 3.62. The molecule has 1 fully saturated rings. The number of anilines is 1. The van der Waals surface area contributed by atoms with Crippen molar-refractivity contribution in [1.82, 2.24) is 20.2 Å². The highest BCUT2D eigenvalue weighted by Gasteiger charge is 2.23. The predicted octanol–water partition coefficient (Wildman–Crippen LogP) is 2.35. The van der Waals surface area contributed by atoms with Crippen LogP contribution < -0.4 is 10.6 Å². The zero-order valence-electron chi connectivity index (χ0n) is 16.5. The molecule has 0 bridgehead atoms. The summed E-state index contributed by atoms with van der Waals surface area (Å²) in [5.41, 5.74) is 2.47. The van der Waals surface area contributed by atoms with E-state index in [1.54, 1.807) is 17.0 Å². The first kappa shape index (κ1) is 20.0. The SMILES string of the molecule is N#Cc1ccc(CNC(=O)N2CCc3cnc(NC4CCOCC4)nc3C2)cc1F. The molecule has 1 saturated heterocycles. The minimum Gasteiger partial charge on any atom is -0.381 e. The lowest BCUT2D eigenvalue weighted by Gasteiger charge is -2.29.